The molecule has 1 fully saturated rings. The van der Waals surface area contributed by atoms with Crippen molar-refractivity contribution in [2.75, 3.05) is 0 Å². The van der Waals surface area contributed by atoms with Crippen molar-refractivity contribution >= 4 is 29.0 Å². The van der Waals surface area contributed by atoms with Gasteiger partial charge in [0.15, 0.2) is 5.82 Å². The lowest BCUT2D eigenvalue weighted by Crippen LogP contribution is -2.18. The SMILES string of the molecule is CC(=O)N/C(=C/c1cccs1)c1nc(C2CCCC2)no1. The number of nitrogens with zero attached hydrogens (tertiary/aromatic N) is 2. The number of aromatic nitrogens is 2. The molecule has 2 aromatic heterocycles. The predicted octanol–water partition coefficient (Wildman–Crippen LogP) is 3.42. The highest BCUT2D eigenvalue weighted by Gasteiger charge is 2.23. The molecule has 0 bridgehead atoms. The van der Waals surface area contributed by atoms with Crippen LogP contribution in [0.25, 0.3) is 11.8 Å². The van der Waals surface area contributed by atoms with Crippen LogP contribution in [0.3, 0.4) is 0 Å². The maximum absolute atomic E-state index is 11.4. The normalized spacial score (nSPS) is 16.3. The summed E-state index contributed by atoms with van der Waals surface area (Å²) in [5.74, 6) is 1.37. The van der Waals surface area contributed by atoms with E-state index in [0.717, 1.165) is 23.5 Å². The van der Waals surface area contributed by atoms with Gasteiger partial charge in [0.2, 0.25) is 5.91 Å². The van der Waals surface area contributed by atoms with Gasteiger partial charge in [-0.25, -0.2) is 0 Å². The first-order valence-corrected chi connectivity index (χ1v) is 7.97. The number of carbonyl (C=O) groups is 1. The summed E-state index contributed by atoms with van der Waals surface area (Å²) in [7, 11) is 0. The second kappa shape index (κ2) is 6.22. The average Bonchev–Trinajstić information content (AvgIpc) is 3.19. The van der Waals surface area contributed by atoms with Crippen LogP contribution in [0.15, 0.2) is 22.0 Å². The van der Waals surface area contributed by atoms with Crippen LogP contribution in [0, 0.1) is 0 Å². The highest BCUT2D eigenvalue weighted by atomic mass is 32.1. The summed E-state index contributed by atoms with van der Waals surface area (Å²) in [6, 6.07) is 3.93. The van der Waals surface area contributed by atoms with Crippen molar-refractivity contribution in [3.63, 3.8) is 0 Å². The summed E-state index contributed by atoms with van der Waals surface area (Å²) in [5.41, 5.74) is 0.557. The highest BCUT2D eigenvalue weighted by molar-refractivity contribution is 7.10. The van der Waals surface area contributed by atoms with Crippen LogP contribution < -0.4 is 5.32 Å². The van der Waals surface area contributed by atoms with Crippen LogP contribution in [0.2, 0.25) is 0 Å². The first-order chi connectivity index (χ1) is 10.2. The average molecular weight is 303 g/mol. The molecule has 1 aliphatic carbocycles. The smallest absolute Gasteiger partial charge is 0.274 e. The Hall–Kier alpha value is -1.95. The number of hydrogen-bond acceptors (Lipinski definition) is 5. The van der Waals surface area contributed by atoms with Gasteiger partial charge in [0.05, 0.1) is 0 Å². The molecule has 2 heterocycles. The Balaban J connectivity index is 1.87. The topological polar surface area (TPSA) is 68.0 Å². The van der Waals surface area contributed by atoms with E-state index in [1.807, 2.05) is 23.6 Å². The van der Waals surface area contributed by atoms with Crippen molar-refractivity contribution in [1.82, 2.24) is 15.5 Å². The number of amides is 1. The molecule has 0 radical (unpaired) electrons. The van der Waals surface area contributed by atoms with Gasteiger partial charge >= 0.3 is 0 Å². The zero-order chi connectivity index (χ0) is 14.7. The number of rotatable bonds is 4. The van der Waals surface area contributed by atoms with Gasteiger partial charge in [-0.15, -0.1) is 11.3 Å². The van der Waals surface area contributed by atoms with E-state index in [0.29, 0.717) is 17.5 Å². The molecule has 0 aliphatic heterocycles. The van der Waals surface area contributed by atoms with E-state index in [1.165, 1.54) is 19.8 Å². The van der Waals surface area contributed by atoms with E-state index in [-0.39, 0.29) is 5.91 Å². The van der Waals surface area contributed by atoms with Crippen LogP contribution in [0.4, 0.5) is 0 Å². The fourth-order valence-electron chi connectivity index (χ4n) is 2.55. The minimum Gasteiger partial charge on any atom is -0.332 e. The second-order valence-electron chi connectivity index (χ2n) is 5.19. The van der Waals surface area contributed by atoms with Gasteiger partial charge in [-0.1, -0.05) is 24.1 Å². The summed E-state index contributed by atoms with van der Waals surface area (Å²) >= 11 is 1.59. The Morgan fingerprint density at radius 1 is 1.48 bits per heavy atom. The lowest BCUT2D eigenvalue weighted by molar-refractivity contribution is -0.117. The fraction of sp³-hybridized carbons (Fsp3) is 0.400. The van der Waals surface area contributed by atoms with E-state index in [1.54, 1.807) is 11.3 Å². The summed E-state index contributed by atoms with van der Waals surface area (Å²) in [6.45, 7) is 1.47. The third-order valence-corrected chi connectivity index (χ3v) is 4.35. The number of thiophene rings is 1. The first kappa shape index (κ1) is 14.0. The van der Waals surface area contributed by atoms with Crippen LogP contribution in [-0.2, 0) is 4.79 Å². The molecule has 110 valence electrons. The van der Waals surface area contributed by atoms with E-state index >= 15 is 0 Å². The van der Waals surface area contributed by atoms with E-state index < -0.39 is 0 Å². The van der Waals surface area contributed by atoms with Gasteiger partial charge in [0.25, 0.3) is 5.89 Å². The molecule has 0 unspecified atom stereocenters. The standard InChI is InChI=1S/C15H17N3O2S/c1-10(19)16-13(9-12-7-4-8-21-12)15-17-14(18-20-15)11-5-2-3-6-11/h4,7-9,11H,2-3,5-6H2,1H3,(H,16,19)/b13-9+. The predicted molar refractivity (Wildman–Crippen MR) is 81.5 cm³/mol. The van der Waals surface area contributed by atoms with Gasteiger partial charge in [0, 0.05) is 17.7 Å². The second-order valence-corrected chi connectivity index (χ2v) is 6.17. The van der Waals surface area contributed by atoms with Crippen LogP contribution >= 0.6 is 11.3 Å². The maximum atomic E-state index is 11.4. The van der Waals surface area contributed by atoms with Crippen molar-refractivity contribution in [3.05, 3.63) is 34.1 Å². The van der Waals surface area contributed by atoms with Gasteiger partial charge in [-0.2, -0.15) is 4.98 Å². The van der Waals surface area contributed by atoms with Gasteiger partial charge in [-0.05, 0) is 30.4 Å². The molecular weight excluding hydrogens is 286 g/mol. The Morgan fingerprint density at radius 3 is 2.95 bits per heavy atom. The zero-order valence-corrected chi connectivity index (χ0v) is 12.7. The van der Waals surface area contributed by atoms with Crippen molar-refractivity contribution in [1.29, 1.82) is 0 Å². The lowest BCUT2D eigenvalue weighted by Gasteiger charge is -2.03. The number of hydrogen-bond donors (Lipinski definition) is 1. The van der Waals surface area contributed by atoms with Crippen LogP contribution in [-0.4, -0.2) is 16.0 Å². The molecule has 3 rings (SSSR count). The Labute approximate surface area is 127 Å². The number of nitrogens with one attached hydrogen (secondary N) is 1. The van der Waals surface area contributed by atoms with Crippen molar-refractivity contribution in [2.45, 2.75) is 38.5 Å². The van der Waals surface area contributed by atoms with Crippen molar-refractivity contribution in [2.24, 2.45) is 0 Å². The van der Waals surface area contributed by atoms with Gasteiger partial charge in [-0.3, -0.25) is 4.79 Å². The van der Waals surface area contributed by atoms with E-state index in [2.05, 4.69) is 15.5 Å². The molecule has 2 aromatic rings. The van der Waals surface area contributed by atoms with E-state index in [9.17, 15) is 4.79 Å². The monoisotopic (exact) mass is 303 g/mol. The van der Waals surface area contributed by atoms with Crippen LogP contribution in [0.1, 0.15) is 55.1 Å². The Morgan fingerprint density at radius 2 is 2.29 bits per heavy atom. The molecule has 5 nitrogen and oxygen atoms in total. The molecule has 0 saturated heterocycles. The summed E-state index contributed by atoms with van der Waals surface area (Å²) < 4.78 is 5.35. The quantitative estimate of drug-likeness (QED) is 0.939. The summed E-state index contributed by atoms with van der Waals surface area (Å²) in [6.07, 6.45) is 6.53. The lowest BCUT2D eigenvalue weighted by atomic mass is 10.1. The molecule has 1 amide bonds. The zero-order valence-electron chi connectivity index (χ0n) is 11.8. The molecule has 1 N–H and O–H groups in total. The maximum Gasteiger partial charge on any atom is 0.274 e. The Bertz CT molecular complexity index is 640. The molecule has 0 spiro atoms. The van der Waals surface area contributed by atoms with Gasteiger partial charge < -0.3 is 9.84 Å². The molecule has 21 heavy (non-hydrogen) atoms. The largest absolute Gasteiger partial charge is 0.332 e. The third kappa shape index (κ3) is 3.39. The molecular formula is C15H17N3O2S. The molecule has 0 aromatic carbocycles. The molecule has 1 aliphatic rings. The molecule has 1 saturated carbocycles. The summed E-state index contributed by atoms with van der Waals surface area (Å²) in [5, 5.41) is 8.83. The van der Waals surface area contributed by atoms with Crippen molar-refractivity contribution in [3.8, 4) is 0 Å². The Kier molecular flexibility index (Phi) is 4.15. The van der Waals surface area contributed by atoms with E-state index in [4.69, 9.17) is 4.52 Å². The minimum atomic E-state index is -0.154. The highest BCUT2D eigenvalue weighted by Crippen LogP contribution is 2.32. The number of carbonyl (C=O) groups excluding carboxylic acids is 1. The molecule has 0 atom stereocenters. The molecule has 6 heteroatoms. The van der Waals surface area contributed by atoms with Crippen LogP contribution in [0.5, 0.6) is 0 Å². The summed E-state index contributed by atoms with van der Waals surface area (Å²) in [4.78, 5) is 16.9. The van der Waals surface area contributed by atoms with Crippen molar-refractivity contribution < 1.29 is 9.32 Å². The third-order valence-electron chi connectivity index (χ3n) is 3.53. The fourth-order valence-corrected chi connectivity index (χ4v) is 3.21. The van der Waals surface area contributed by atoms with Gasteiger partial charge in [0.1, 0.15) is 5.70 Å². The first-order valence-electron chi connectivity index (χ1n) is 7.09. The minimum absolute atomic E-state index is 0.154.